The van der Waals surface area contributed by atoms with Gasteiger partial charge in [0, 0.05) is 22.7 Å². The molecule has 0 heterocycles. The highest BCUT2D eigenvalue weighted by Gasteiger charge is 2.69. The van der Waals surface area contributed by atoms with E-state index in [9.17, 15) is 27.2 Å². The molecular weight excluding hydrogens is 456 g/mol. The van der Waals surface area contributed by atoms with Crippen LogP contribution in [0, 0.1) is 5.82 Å². The van der Waals surface area contributed by atoms with E-state index in [1.807, 2.05) is 0 Å². The number of ether oxygens (including phenoxy) is 2. The van der Waals surface area contributed by atoms with Gasteiger partial charge in [0.1, 0.15) is 17.3 Å². The van der Waals surface area contributed by atoms with Gasteiger partial charge < -0.3 is 20.1 Å². The van der Waals surface area contributed by atoms with Crippen LogP contribution in [0.3, 0.4) is 0 Å². The smallest absolute Gasteiger partial charge is 0.484 e. The fraction of sp³-hybridized carbons (Fsp3) is 0.333. The highest BCUT2D eigenvalue weighted by molar-refractivity contribution is 6.30. The van der Waals surface area contributed by atoms with Crippen LogP contribution in [-0.4, -0.2) is 35.9 Å². The van der Waals surface area contributed by atoms with E-state index in [4.69, 9.17) is 16.3 Å². The van der Waals surface area contributed by atoms with E-state index in [1.165, 1.54) is 24.3 Å². The summed E-state index contributed by atoms with van der Waals surface area (Å²) in [6.07, 6.45) is -3.21. The predicted octanol–water partition coefficient (Wildman–Crippen LogP) is 3.98. The summed E-state index contributed by atoms with van der Waals surface area (Å²) in [5.41, 5.74) is -0.680. The Morgan fingerprint density at radius 2 is 1.56 bits per heavy atom. The van der Waals surface area contributed by atoms with E-state index in [0.717, 1.165) is 18.2 Å². The average molecular weight is 473 g/mol. The molecule has 2 amide bonds. The summed E-state index contributed by atoms with van der Waals surface area (Å²) in [6, 6.07) is 8.49. The van der Waals surface area contributed by atoms with Gasteiger partial charge in [0.25, 0.3) is 11.8 Å². The molecule has 2 N–H and O–H groups in total. The molecule has 170 valence electrons. The third-order valence-electron chi connectivity index (χ3n) is 5.42. The highest BCUT2D eigenvalue weighted by Crippen LogP contribution is 2.60. The highest BCUT2D eigenvalue weighted by atomic mass is 35.5. The monoisotopic (exact) mass is 472 g/mol. The summed E-state index contributed by atoms with van der Waals surface area (Å²) < 4.78 is 59.1. The molecule has 0 saturated heterocycles. The van der Waals surface area contributed by atoms with Crippen LogP contribution in [0.5, 0.6) is 11.5 Å². The molecule has 5 rings (SSSR count). The molecule has 3 fully saturated rings. The number of hydrogen-bond acceptors (Lipinski definition) is 4. The lowest BCUT2D eigenvalue weighted by Gasteiger charge is -2.70. The number of carbonyl (C=O) groups is 2. The molecule has 3 aliphatic carbocycles. The van der Waals surface area contributed by atoms with Gasteiger partial charge in [0.2, 0.25) is 0 Å². The maximum atomic E-state index is 13.4. The molecule has 0 unspecified atom stereocenters. The van der Waals surface area contributed by atoms with E-state index in [0.29, 0.717) is 19.3 Å². The van der Waals surface area contributed by atoms with Gasteiger partial charge in [-0.3, -0.25) is 9.59 Å². The van der Waals surface area contributed by atoms with Crippen LogP contribution in [0.25, 0.3) is 0 Å². The lowest BCUT2D eigenvalue weighted by molar-refractivity contribution is -0.274. The van der Waals surface area contributed by atoms with Gasteiger partial charge >= 0.3 is 6.36 Å². The number of hydrogen-bond donors (Lipinski definition) is 2. The van der Waals surface area contributed by atoms with Crippen molar-refractivity contribution >= 4 is 23.4 Å². The lowest BCUT2D eigenvalue weighted by atomic mass is 9.44. The SMILES string of the molecule is O=C(COc1ccc(Cl)c(F)c1)NC12CC(NC(=O)c3ccc(OC(F)(F)F)cc3)(C1)C2. The molecule has 3 saturated carbocycles. The largest absolute Gasteiger partial charge is 0.573 e. The van der Waals surface area contributed by atoms with Crippen LogP contribution in [0.15, 0.2) is 42.5 Å². The fourth-order valence-corrected chi connectivity index (χ4v) is 4.34. The van der Waals surface area contributed by atoms with Gasteiger partial charge in [-0.1, -0.05) is 11.6 Å². The van der Waals surface area contributed by atoms with Gasteiger partial charge in [-0.25, -0.2) is 4.39 Å². The quantitative estimate of drug-likeness (QED) is 0.598. The summed E-state index contributed by atoms with van der Waals surface area (Å²) in [6.45, 7) is -0.297. The summed E-state index contributed by atoms with van der Waals surface area (Å²) in [5, 5.41) is 5.69. The van der Waals surface area contributed by atoms with Crippen molar-refractivity contribution in [3.05, 3.63) is 58.9 Å². The number of amides is 2. The number of benzene rings is 2. The van der Waals surface area contributed by atoms with Gasteiger partial charge in [0.05, 0.1) is 5.02 Å². The third-order valence-corrected chi connectivity index (χ3v) is 5.73. The van der Waals surface area contributed by atoms with E-state index < -0.39 is 34.9 Å². The molecule has 0 radical (unpaired) electrons. The first-order chi connectivity index (χ1) is 15.0. The summed E-state index contributed by atoms with van der Waals surface area (Å²) >= 11 is 5.59. The first kappa shape index (κ1) is 22.2. The Kier molecular flexibility index (Phi) is 5.44. The van der Waals surface area contributed by atoms with Crippen molar-refractivity contribution < 1.29 is 36.6 Å². The molecule has 2 bridgehead atoms. The van der Waals surface area contributed by atoms with Crippen molar-refractivity contribution in [2.45, 2.75) is 36.7 Å². The van der Waals surface area contributed by atoms with E-state index in [1.54, 1.807) is 0 Å². The van der Waals surface area contributed by atoms with Crippen LogP contribution in [-0.2, 0) is 4.79 Å². The zero-order valence-corrected chi connectivity index (χ0v) is 17.1. The minimum Gasteiger partial charge on any atom is -0.484 e. The van der Waals surface area contributed by atoms with Crippen LogP contribution in [0.1, 0.15) is 29.6 Å². The molecular formula is C21H17ClF4N2O4. The maximum Gasteiger partial charge on any atom is 0.573 e. The molecule has 32 heavy (non-hydrogen) atoms. The molecule has 2 aromatic carbocycles. The molecule has 2 aromatic rings. The second-order valence-corrected chi connectivity index (χ2v) is 8.44. The first-order valence-electron chi connectivity index (χ1n) is 9.54. The minimum absolute atomic E-state index is 0.0476. The van der Waals surface area contributed by atoms with Crippen molar-refractivity contribution in [2.24, 2.45) is 0 Å². The number of rotatable bonds is 7. The molecule has 0 aliphatic heterocycles. The summed E-state index contributed by atoms with van der Waals surface area (Å²) in [7, 11) is 0. The minimum atomic E-state index is -4.80. The fourth-order valence-electron chi connectivity index (χ4n) is 4.22. The summed E-state index contributed by atoms with van der Waals surface area (Å²) in [4.78, 5) is 24.5. The van der Waals surface area contributed by atoms with Crippen molar-refractivity contribution in [1.82, 2.24) is 10.6 Å². The normalized spacial score (nSPS) is 23.4. The van der Waals surface area contributed by atoms with E-state index in [-0.39, 0.29) is 28.8 Å². The first-order valence-corrected chi connectivity index (χ1v) is 9.92. The number of halogens is 5. The van der Waals surface area contributed by atoms with Gasteiger partial charge in [-0.2, -0.15) is 0 Å². The third kappa shape index (κ3) is 4.74. The van der Waals surface area contributed by atoms with Crippen LogP contribution >= 0.6 is 11.6 Å². The van der Waals surface area contributed by atoms with Crippen molar-refractivity contribution in [3.8, 4) is 11.5 Å². The second-order valence-electron chi connectivity index (χ2n) is 8.03. The van der Waals surface area contributed by atoms with Crippen LogP contribution in [0.4, 0.5) is 17.6 Å². The lowest BCUT2D eigenvalue weighted by Crippen LogP contribution is -2.84. The Morgan fingerprint density at radius 1 is 0.969 bits per heavy atom. The Balaban J connectivity index is 1.22. The second kappa shape index (κ2) is 7.84. The molecule has 0 spiro atoms. The van der Waals surface area contributed by atoms with Crippen LogP contribution in [0.2, 0.25) is 5.02 Å². The standard InChI is InChI=1S/C21H17ClF4N2O4/c22-15-6-5-14(7-16(15)23)31-8-17(29)27-19-9-20(10-19,11-19)28-18(30)12-1-3-13(4-2-12)32-21(24,25)26/h1-7H,8-11H2,(H,27,29)(H,28,30). The summed E-state index contributed by atoms with van der Waals surface area (Å²) in [5.74, 6) is -1.68. The number of carbonyl (C=O) groups excluding carboxylic acids is 2. The zero-order chi connectivity index (χ0) is 23.1. The van der Waals surface area contributed by atoms with Crippen molar-refractivity contribution in [2.75, 3.05) is 6.61 Å². The average Bonchev–Trinajstić information content (AvgIpc) is 2.65. The van der Waals surface area contributed by atoms with E-state index >= 15 is 0 Å². The molecule has 6 nitrogen and oxygen atoms in total. The topological polar surface area (TPSA) is 76.7 Å². The maximum absolute atomic E-state index is 13.4. The zero-order valence-electron chi connectivity index (χ0n) is 16.4. The van der Waals surface area contributed by atoms with Crippen molar-refractivity contribution in [1.29, 1.82) is 0 Å². The van der Waals surface area contributed by atoms with Gasteiger partial charge in [0.15, 0.2) is 6.61 Å². The predicted molar refractivity (Wildman–Crippen MR) is 105 cm³/mol. The molecule has 3 aliphatic rings. The Hall–Kier alpha value is -3.01. The molecule has 11 heteroatoms. The number of nitrogens with one attached hydrogen (secondary N) is 2. The van der Waals surface area contributed by atoms with E-state index in [2.05, 4.69) is 15.4 Å². The Morgan fingerprint density at radius 3 is 2.16 bits per heavy atom. The number of alkyl halides is 3. The Bertz CT molecular complexity index is 1040. The van der Waals surface area contributed by atoms with Gasteiger partial charge in [-0.05, 0) is 55.7 Å². The van der Waals surface area contributed by atoms with Crippen molar-refractivity contribution in [3.63, 3.8) is 0 Å². The Labute approximate surface area is 184 Å². The van der Waals surface area contributed by atoms with Crippen LogP contribution < -0.4 is 20.1 Å². The molecule has 0 atom stereocenters. The van der Waals surface area contributed by atoms with Gasteiger partial charge in [-0.15, -0.1) is 13.2 Å². The molecule has 0 aromatic heterocycles.